The molecule has 1 amide bonds. The number of non-ortho nitro benzene ring substituents is 1. The smallest absolute Gasteiger partial charge is 0.344 e. The molecule has 0 aliphatic heterocycles. The number of carbonyl (C=O) groups is 4. The molecule has 0 aromatic heterocycles. The molecule has 0 aliphatic rings. The van der Waals surface area contributed by atoms with Gasteiger partial charge in [0.2, 0.25) is 5.91 Å². The second kappa shape index (κ2) is 16.5. The van der Waals surface area contributed by atoms with Gasteiger partial charge in [-0.1, -0.05) is 30.3 Å². The van der Waals surface area contributed by atoms with Crippen LogP contribution in [-0.4, -0.2) is 59.8 Å². The maximum Gasteiger partial charge on any atom is 0.344 e. The van der Waals surface area contributed by atoms with Gasteiger partial charge >= 0.3 is 17.6 Å². The molecule has 17 heteroatoms. The predicted molar refractivity (Wildman–Crippen MR) is 165 cm³/mol. The number of esters is 2. The van der Waals surface area contributed by atoms with E-state index in [0.29, 0.717) is 23.9 Å². The fraction of sp³-hybridized carbons (Fsp3) is 0.233. The van der Waals surface area contributed by atoms with E-state index in [2.05, 4.69) is 15.5 Å². The van der Waals surface area contributed by atoms with E-state index in [0.717, 1.165) is 6.07 Å². The summed E-state index contributed by atoms with van der Waals surface area (Å²) in [4.78, 5) is 70.9. The number of ether oxygens (including phenoxy) is 2. The van der Waals surface area contributed by atoms with E-state index in [1.807, 2.05) is 0 Å². The van der Waals surface area contributed by atoms with Crippen LogP contribution in [0.25, 0.3) is 0 Å². The molecular weight excluding hydrogens is 618 g/mol. The van der Waals surface area contributed by atoms with Crippen molar-refractivity contribution < 1.29 is 38.5 Å². The molecule has 0 radical (unpaired) electrons. The Bertz CT molecular complexity index is 1770. The monoisotopic (exact) mass is 645 g/mol. The lowest BCUT2D eigenvalue weighted by Crippen LogP contribution is -2.27. The highest BCUT2D eigenvalue weighted by Gasteiger charge is 2.25. The van der Waals surface area contributed by atoms with Crippen molar-refractivity contribution in [2.45, 2.75) is 20.3 Å². The van der Waals surface area contributed by atoms with Crippen LogP contribution in [-0.2, 0) is 23.9 Å². The standard InChI is InChI=1S/C30H27N7O10/c1-3-35(12-11-28(40)47-18-29(41)46-17-27(39)20-7-5-4-6-8-20)22-9-10-24(25(14-22)32-19(2)38)33-34-30-21(16-31)13-23(36(42)43)15-26(30)37(44)45/h4-10,13-15H,3,11-12,17-18H2,1-2H3,(H,32,38)/b34-33+. The van der Waals surface area contributed by atoms with Gasteiger partial charge in [0.15, 0.2) is 24.7 Å². The summed E-state index contributed by atoms with van der Waals surface area (Å²) in [6.07, 6.45) is -0.137. The summed E-state index contributed by atoms with van der Waals surface area (Å²) in [6, 6.07) is 15.9. The van der Waals surface area contributed by atoms with Crippen LogP contribution in [0.4, 0.5) is 34.1 Å². The van der Waals surface area contributed by atoms with Gasteiger partial charge in [0.25, 0.3) is 5.69 Å². The van der Waals surface area contributed by atoms with Crippen molar-refractivity contribution in [3.8, 4) is 6.07 Å². The lowest BCUT2D eigenvalue weighted by atomic mass is 10.1. The fourth-order valence-electron chi connectivity index (χ4n) is 4.04. The fourth-order valence-corrected chi connectivity index (χ4v) is 4.04. The number of hydrogen-bond acceptors (Lipinski definition) is 14. The van der Waals surface area contributed by atoms with Gasteiger partial charge in [-0.2, -0.15) is 5.26 Å². The Morgan fingerprint density at radius 2 is 1.64 bits per heavy atom. The van der Waals surface area contributed by atoms with Gasteiger partial charge in [-0.3, -0.25) is 34.6 Å². The lowest BCUT2D eigenvalue weighted by Gasteiger charge is -2.23. The van der Waals surface area contributed by atoms with E-state index in [4.69, 9.17) is 9.47 Å². The summed E-state index contributed by atoms with van der Waals surface area (Å²) in [6.45, 7) is 2.39. The number of anilines is 2. The molecule has 3 aromatic carbocycles. The average molecular weight is 646 g/mol. The summed E-state index contributed by atoms with van der Waals surface area (Å²) in [7, 11) is 0. The van der Waals surface area contributed by atoms with Gasteiger partial charge in [0, 0.05) is 37.3 Å². The summed E-state index contributed by atoms with van der Waals surface area (Å²) < 4.78 is 9.84. The predicted octanol–water partition coefficient (Wildman–Crippen LogP) is 4.93. The number of nitro groups is 2. The number of carbonyl (C=O) groups excluding carboxylic acids is 4. The van der Waals surface area contributed by atoms with Gasteiger partial charge in [-0.25, -0.2) is 4.79 Å². The molecule has 0 saturated carbocycles. The first-order valence-electron chi connectivity index (χ1n) is 13.8. The van der Waals surface area contributed by atoms with E-state index in [1.54, 1.807) is 54.3 Å². The third kappa shape index (κ3) is 9.97. The first-order valence-corrected chi connectivity index (χ1v) is 13.8. The Morgan fingerprint density at radius 1 is 0.936 bits per heavy atom. The number of hydrogen-bond donors (Lipinski definition) is 1. The van der Waals surface area contributed by atoms with E-state index >= 15 is 0 Å². The van der Waals surface area contributed by atoms with E-state index in [1.165, 1.54) is 19.1 Å². The molecule has 0 heterocycles. The zero-order valence-electron chi connectivity index (χ0n) is 25.1. The summed E-state index contributed by atoms with van der Waals surface area (Å²) >= 11 is 0. The van der Waals surface area contributed by atoms with Crippen LogP contribution >= 0.6 is 0 Å². The SMILES string of the molecule is CCN(CCC(=O)OCC(=O)OCC(=O)c1ccccc1)c1ccc(/N=N/c2c(C#N)cc([N+](=O)[O-])cc2[N+](=O)[O-])c(NC(C)=O)c1. The van der Waals surface area contributed by atoms with E-state index in [9.17, 15) is 44.7 Å². The van der Waals surface area contributed by atoms with Crippen molar-refractivity contribution >= 4 is 57.8 Å². The number of Topliss-reactive ketones (excluding diaryl/α,β-unsaturated/α-hetero) is 1. The second-order valence-electron chi connectivity index (χ2n) is 9.51. The maximum absolute atomic E-state index is 12.3. The number of benzene rings is 3. The molecular formula is C30H27N7O10. The van der Waals surface area contributed by atoms with Gasteiger partial charge < -0.3 is 19.7 Å². The average Bonchev–Trinajstić information content (AvgIpc) is 3.05. The summed E-state index contributed by atoms with van der Waals surface area (Å²) in [5, 5.41) is 42.5. The molecule has 0 atom stereocenters. The number of nitro benzene ring substituents is 2. The third-order valence-corrected chi connectivity index (χ3v) is 6.29. The molecule has 3 aromatic rings. The van der Waals surface area contributed by atoms with E-state index in [-0.39, 0.29) is 24.3 Å². The quantitative estimate of drug-likeness (QED) is 0.0761. The van der Waals surface area contributed by atoms with Crippen LogP contribution in [0, 0.1) is 31.6 Å². The normalized spacial score (nSPS) is 10.5. The van der Waals surface area contributed by atoms with Crippen molar-refractivity contribution in [2.24, 2.45) is 10.2 Å². The number of azo groups is 1. The van der Waals surface area contributed by atoms with Crippen molar-refractivity contribution in [3.05, 3.63) is 92.0 Å². The number of nitrogens with one attached hydrogen (secondary N) is 1. The zero-order chi connectivity index (χ0) is 34.5. The van der Waals surface area contributed by atoms with Crippen LogP contribution in [0.5, 0.6) is 0 Å². The van der Waals surface area contributed by atoms with Gasteiger partial charge in [0.1, 0.15) is 11.8 Å². The zero-order valence-corrected chi connectivity index (χ0v) is 25.1. The molecule has 0 bridgehead atoms. The van der Waals surface area contributed by atoms with Crippen LogP contribution in [0.2, 0.25) is 0 Å². The molecule has 0 unspecified atom stereocenters. The van der Waals surface area contributed by atoms with Crippen LogP contribution < -0.4 is 10.2 Å². The molecule has 3 rings (SSSR count). The molecule has 242 valence electrons. The van der Waals surface area contributed by atoms with Crippen molar-refractivity contribution in [3.63, 3.8) is 0 Å². The minimum atomic E-state index is -0.930. The summed E-state index contributed by atoms with van der Waals surface area (Å²) in [5.74, 6) is -2.49. The van der Waals surface area contributed by atoms with Gasteiger partial charge in [0.05, 0.1) is 33.6 Å². The highest BCUT2D eigenvalue weighted by molar-refractivity contribution is 5.98. The number of ketones is 1. The van der Waals surface area contributed by atoms with Crippen molar-refractivity contribution in [2.75, 3.05) is 36.5 Å². The molecule has 0 aliphatic carbocycles. The molecule has 17 nitrogen and oxygen atoms in total. The number of amides is 1. The largest absolute Gasteiger partial charge is 0.455 e. The maximum atomic E-state index is 12.3. The Labute approximate surface area is 266 Å². The third-order valence-electron chi connectivity index (χ3n) is 6.29. The Morgan fingerprint density at radius 3 is 2.26 bits per heavy atom. The van der Waals surface area contributed by atoms with Gasteiger partial charge in [-0.05, 0) is 25.1 Å². The highest BCUT2D eigenvalue weighted by Crippen LogP contribution is 2.38. The second-order valence-corrected chi connectivity index (χ2v) is 9.51. The first kappa shape index (κ1) is 34.9. The highest BCUT2D eigenvalue weighted by atomic mass is 16.6. The topological polar surface area (TPSA) is 237 Å². The molecule has 0 saturated heterocycles. The lowest BCUT2D eigenvalue weighted by molar-refractivity contribution is -0.393. The molecule has 1 N–H and O–H groups in total. The molecule has 0 fully saturated rings. The van der Waals surface area contributed by atoms with Crippen LogP contribution in [0.1, 0.15) is 36.2 Å². The summed E-state index contributed by atoms with van der Waals surface area (Å²) in [5.41, 5.74) is -1.37. The minimum absolute atomic E-state index is 0.0419. The van der Waals surface area contributed by atoms with Crippen LogP contribution in [0.3, 0.4) is 0 Å². The molecule has 47 heavy (non-hydrogen) atoms. The van der Waals surface area contributed by atoms with Crippen LogP contribution in [0.15, 0.2) is 70.9 Å². The van der Waals surface area contributed by atoms with Crippen molar-refractivity contribution in [1.29, 1.82) is 5.26 Å². The Hall–Kier alpha value is -6.57. The molecule has 0 spiro atoms. The number of nitriles is 1. The van der Waals surface area contributed by atoms with Gasteiger partial charge in [-0.15, -0.1) is 10.2 Å². The Balaban J connectivity index is 1.69. The number of rotatable bonds is 15. The first-order chi connectivity index (χ1) is 22.4. The van der Waals surface area contributed by atoms with E-state index < -0.39 is 69.3 Å². The van der Waals surface area contributed by atoms with Crippen molar-refractivity contribution in [1.82, 2.24) is 0 Å². The number of nitrogens with zero attached hydrogens (tertiary/aromatic N) is 6. The Kier molecular flexibility index (Phi) is 12.2. The minimum Gasteiger partial charge on any atom is -0.455 e.